The molecule has 0 aliphatic heterocycles. The fourth-order valence-electron chi connectivity index (χ4n) is 7.51. The van der Waals surface area contributed by atoms with E-state index < -0.39 is 17.9 Å². The molecule has 14 nitrogen and oxygen atoms in total. The number of hydrogen-bond donors (Lipinski definition) is 0. The Bertz CT molecular complexity index is 2430. The van der Waals surface area contributed by atoms with Gasteiger partial charge in [-0.05, 0) is 142 Å². The third-order valence-corrected chi connectivity index (χ3v) is 11.9. The summed E-state index contributed by atoms with van der Waals surface area (Å²) in [6.45, 7) is 11.5. The van der Waals surface area contributed by atoms with Crippen molar-refractivity contribution in [2.45, 2.75) is 136 Å². The second-order valence-corrected chi connectivity index (χ2v) is 18.4. The largest absolute Gasteiger partial charge is 0.494 e. The maximum Gasteiger partial charge on any atom is 0.343 e. The highest BCUT2D eigenvalue weighted by Gasteiger charge is 2.18. The van der Waals surface area contributed by atoms with Crippen LogP contribution in [0.25, 0.3) is 0 Å². The van der Waals surface area contributed by atoms with E-state index in [1.54, 1.807) is 55.5 Å². The van der Waals surface area contributed by atoms with Gasteiger partial charge in [0.05, 0.1) is 65.9 Å². The monoisotopic (exact) mass is 1020 g/mol. The highest BCUT2D eigenvalue weighted by Crippen LogP contribution is 2.28. The van der Waals surface area contributed by atoms with Crippen LogP contribution >= 0.6 is 0 Å². The Morgan fingerprint density at radius 1 is 0.373 bits per heavy atom. The average Bonchev–Trinajstić information content (AvgIpc) is 3.42. The van der Waals surface area contributed by atoms with Crippen molar-refractivity contribution in [3.8, 4) is 23.0 Å². The smallest absolute Gasteiger partial charge is 0.343 e. The summed E-state index contributed by atoms with van der Waals surface area (Å²) in [6.07, 6.45) is 19.1. The lowest BCUT2D eigenvalue weighted by Gasteiger charge is -2.11. The summed E-state index contributed by atoms with van der Waals surface area (Å²) >= 11 is 0. The number of hydrogen-bond acceptors (Lipinski definition) is 14. The van der Waals surface area contributed by atoms with Gasteiger partial charge < -0.3 is 28.4 Å². The van der Waals surface area contributed by atoms with Gasteiger partial charge in [0.15, 0.2) is 0 Å². The minimum atomic E-state index is -0.712. The van der Waals surface area contributed by atoms with Crippen LogP contribution in [-0.2, 0) is 14.3 Å². The summed E-state index contributed by atoms with van der Waals surface area (Å²) in [5, 5.41) is 17.2. The van der Waals surface area contributed by atoms with Crippen molar-refractivity contribution in [3.05, 3.63) is 144 Å². The zero-order valence-electron chi connectivity index (χ0n) is 44.1. The molecule has 0 heterocycles. The van der Waals surface area contributed by atoms with E-state index in [-0.39, 0.29) is 40.8 Å². The summed E-state index contributed by atoms with van der Waals surface area (Å²) in [6, 6.07) is 31.7. The van der Waals surface area contributed by atoms with E-state index in [2.05, 4.69) is 40.9 Å². The number of benzene rings is 5. The first-order valence-electron chi connectivity index (χ1n) is 26.7. The van der Waals surface area contributed by atoms with Crippen molar-refractivity contribution < 1.29 is 47.6 Å². The standard InChI is InChI=1S/C61H74N4O10/c1-5-7-9-15-19-39-70-54-35-31-52(32-36-54)64-62-50-27-23-47(24-28-50)60(68)74-56-43-49(59(67)73-42-22-18-14-12-11-13-17-21-41-72-58(66)46(3)4)44-57(45-56)75-61(69)48-25-29-51(30-26-48)63-65-53-33-37-55(38-34-53)71-40-20-16-10-8-6-2/h23-38,43-45H,3,5-22,39-42H2,1-2,4H3. The predicted octanol–water partition coefficient (Wildman–Crippen LogP) is 17.1. The quantitative estimate of drug-likeness (QED) is 0.0125. The summed E-state index contributed by atoms with van der Waals surface area (Å²) in [7, 11) is 0. The Morgan fingerprint density at radius 2 is 0.707 bits per heavy atom. The van der Waals surface area contributed by atoms with Crippen LogP contribution in [0.4, 0.5) is 22.7 Å². The molecule has 0 radical (unpaired) electrons. The maximum absolute atomic E-state index is 13.5. The lowest BCUT2D eigenvalue weighted by molar-refractivity contribution is -0.139. The van der Waals surface area contributed by atoms with E-state index in [1.165, 1.54) is 56.7 Å². The third kappa shape index (κ3) is 23.1. The van der Waals surface area contributed by atoms with E-state index >= 15 is 0 Å². The zero-order chi connectivity index (χ0) is 53.3. The Labute approximate surface area is 443 Å². The second kappa shape index (κ2) is 34.1. The Kier molecular flexibility index (Phi) is 26.6. The Hall–Kier alpha value is -7.48. The van der Waals surface area contributed by atoms with Crippen molar-refractivity contribution in [1.82, 2.24) is 0 Å². The van der Waals surface area contributed by atoms with Crippen LogP contribution in [0.1, 0.15) is 167 Å². The molecule has 398 valence electrons. The molecule has 0 aliphatic rings. The van der Waals surface area contributed by atoms with E-state index in [0.29, 0.717) is 54.6 Å². The number of ether oxygens (including phenoxy) is 6. The third-order valence-electron chi connectivity index (χ3n) is 11.9. The van der Waals surface area contributed by atoms with Crippen molar-refractivity contribution in [1.29, 1.82) is 0 Å². The number of rotatable bonds is 35. The van der Waals surface area contributed by atoms with Gasteiger partial charge in [-0.1, -0.05) is 110 Å². The van der Waals surface area contributed by atoms with Crippen LogP contribution in [0.15, 0.2) is 148 Å². The lowest BCUT2D eigenvalue weighted by Crippen LogP contribution is -2.12. The molecular formula is C61H74N4O10. The molecule has 0 bridgehead atoms. The number of carbonyl (C=O) groups excluding carboxylic acids is 4. The molecule has 0 saturated heterocycles. The number of unbranched alkanes of at least 4 members (excludes halogenated alkanes) is 15. The normalized spacial score (nSPS) is 11.1. The molecule has 75 heavy (non-hydrogen) atoms. The molecule has 0 aliphatic carbocycles. The van der Waals surface area contributed by atoms with E-state index in [0.717, 1.165) is 82.1 Å². The van der Waals surface area contributed by atoms with Gasteiger partial charge in [0.25, 0.3) is 0 Å². The van der Waals surface area contributed by atoms with Crippen LogP contribution < -0.4 is 18.9 Å². The van der Waals surface area contributed by atoms with Gasteiger partial charge in [0.1, 0.15) is 23.0 Å². The van der Waals surface area contributed by atoms with Crippen LogP contribution in [0.3, 0.4) is 0 Å². The van der Waals surface area contributed by atoms with Gasteiger partial charge in [0, 0.05) is 11.6 Å². The topological polar surface area (TPSA) is 173 Å². The van der Waals surface area contributed by atoms with Gasteiger partial charge in [-0.3, -0.25) is 0 Å². The molecule has 0 unspecified atom stereocenters. The molecule has 0 N–H and O–H groups in total. The molecule has 5 aromatic carbocycles. The zero-order valence-corrected chi connectivity index (χ0v) is 44.1. The molecule has 5 aromatic rings. The SMILES string of the molecule is C=C(C)C(=O)OCCCCCCCCCCOC(=O)c1cc(OC(=O)c2ccc(N=Nc3ccc(OCCCCCCC)cc3)cc2)cc(OC(=O)c2ccc(N=Nc3ccc(OCCCCCCC)cc3)cc2)c1. The van der Waals surface area contributed by atoms with E-state index in [9.17, 15) is 19.2 Å². The molecule has 0 spiro atoms. The van der Waals surface area contributed by atoms with Gasteiger partial charge in [-0.15, -0.1) is 0 Å². The predicted molar refractivity (Wildman–Crippen MR) is 292 cm³/mol. The summed E-state index contributed by atoms with van der Waals surface area (Å²) in [4.78, 5) is 51.8. The number of carbonyl (C=O) groups is 4. The minimum absolute atomic E-state index is 0.0309. The molecule has 0 amide bonds. The fraction of sp³-hybridized carbons (Fsp3) is 0.410. The molecular weight excluding hydrogens is 949 g/mol. The highest BCUT2D eigenvalue weighted by molar-refractivity contribution is 5.95. The highest BCUT2D eigenvalue weighted by atomic mass is 16.6. The first-order chi connectivity index (χ1) is 36.6. The van der Waals surface area contributed by atoms with Crippen LogP contribution in [0.5, 0.6) is 23.0 Å². The lowest BCUT2D eigenvalue weighted by atomic mass is 10.1. The molecule has 0 aromatic heterocycles. The van der Waals surface area contributed by atoms with Crippen molar-refractivity contribution in [2.75, 3.05) is 26.4 Å². The maximum atomic E-state index is 13.5. The molecule has 5 rings (SSSR count). The Balaban J connectivity index is 1.16. The van der Waals surface area contributed by atoms with Gasteiger partial charge >= 0.3 is 23.9 Å². The molecule has 14 heteroatoms. The number of azo groups is 2. The fourth-order valence-corrected chi connectivity index (χ4v) is 7.51. The summed E-state index contributed by atoms with van der Waals surface area (Å²) in [5.74, 6) is -0.948. The summed E-state index contributed by atoms with van der Waals surface area (Å²) in [5.41, 5.74) is 3.20. The molecule has 0 saturated carbocycles. The van der Waals surface area contributed by atoms with Gasteiger partial charge in [0.2, 0.25) is 0 Å². The Morgan fingerprint density at radius 3 is 1.08 bits per heavy atom. The van der Waals surface area contributed by atoms with Crippen molar-refractivity contribution >= 4 is 46.6 Å². The number of esters is 4. The van der Waals surface area contributed by atoms with Gasteiger partial charge in [-0.2, -0.15) is 20.5 Å². The molecule has 0 atom stereocenters. The first-order valence-corrected chi connectivity index (χ1v) is 26.7. The van der Waals surface area contributed by atoms with E-state index in [4.69, 9.17) is 28.4 Å². The summed E-state index contributed by atoms with van der Waals surface area (Å²) < 4.78 is 33.9. The van der Waals surface area contributed by atoms with Crippen LogP contribution in [-0.4, -0.2) is 50.3 Å². The van der Waals surface area contributed by atoms with E-state index in [1.807, 2.05) is 48.5 Å². The first kappa shape index (κ1) is 58.4. The van der Waals surface area contributed by atoms with Gasteiger partial charge in [-0.25, -0.2) is 19.2 Å². The second-order valence-electron chi connectivity index (χ2n) is 18.4. The minimum Gasteiger partial charge on any atom is -0.494 e. The van der Waals surface area contributed by atoms with Crippen LogP contribution in [0, 0.1) is 0 Å². The van der Waals surface area contributed by atoms with Crippen molar-refractivity contribution in [3.63, 3.8) is 0 Å². The van der Waals surface area contributed by atoms with Crippen molar-refractivity contribution in [2.24, 2.45) is 20.5 Å². The van der Waals surface area contributed by atoms with Crippen LogP contribution in [0.2, 0.25) is 0 Å². The molecule has 0 fully saturated rings. The number of nitrogens with zero attached hydrogens (tertiary/aromatic N) is 4. The average molecular weight is 1020 g/mol.